The summed E-state index contributed by atoms with van der Waals surface area (Å²) < 4.78 is 14.8. The van der Waals surface area contributed by atoms with Crippen molar-refractivity contribution < 1.29 is 29.2 Å². The fourth-order valence-corrected chi connectivity index (χ4v) is 1.59. The van der Waals surface area contributed by atoms with Gasteiger partial charge < -0.3 is 24.4 Å². The lowest BCUT2D eigenvalue weighted by Gasteiger charge is -2.40. The van der Waals surface area contributed by atoms with Crippen LogP contribution in [0.1, 0.15) is 13.8 Å². The molecule has 0 spiro atoms. The van der Waals surface area contributed by atoms with Crippen LogP contribution in [0.15, 0.2) is 0 Å². The molecule has 1 aliphatic heterocycles. The van der Waals surface area contributed by atoms with Crippen LogP contribution in [0, 0.1) is 0 Å². The second-order valence-electron chi connectivity index (χ2n) is 3.50. The lowest BCUT2D eigenvalue weighted by atomic mass is 9.99. The summed E-state index contributed by atoms with van der Waals surface area (Å²) in [5.41, 5.74) is 0. The molecular weight excluding hydrogens is 204 g/mol. The predicted octanol–water partition coefficient (Wildman–Crippen LogP) is -0.969. The summed E-state index contributed by atoms with van der Waals surface area (Å²) in [6, 6.07) is 0. The van der Waals surface area contributed by atoms with Gasteiger partial charge in [-0.3, -0.25) is 4.79 Å². The zero-order valence-electron chi connectivity index (χ0n) is 8.91. The molecule has 15 heavy (non-hydrogen) atoms. The minimum absolute atomic E-state index is 0.563. The highest BCUT2D eigenvalue weighted by atomic mass is 16.7. The number of aliphatic hydroxyl groups is 2. The summed E-state index contributed by atoms with van der Waals surface area (Å²) in [5.74, 6) is -0.563. The van der Waals surface area contributed by atoms with E-state index in [1.807, 2.05) is 0 Å². The molecule has 0 aromatic heterocycles. The van der Waals surface area contributed by atoms with Gasteiger partial charge in [0, 0.05) is 14.0 Å². The van der Waals surface area contributed by atoms with Gasteiger partial charge in [0.2, 0.25) is 0 Å². The molecule has 0 saturated carbocycles. The molecular formula is C9H16O6. The third-order valence-corrected chi connectivity index (χ3v) is 2.35. The standard InChI is InChI=1S/C9H16O6/c1-4-6(11)7(13-3)8(9(12)14-4)15-5(2)10/h4,6-9,11-12H,1-3H3/t4-,6+,7+,8+,9+/m0/s1. The Labute approximate surface area is 87.7 Å². The summed E-state index contributed by atoms with van der Waals surface area (Å²) in [5, 5.41) is 19.2. The Hall–Kier alpha value is -0.690. The molecule has 0 aromatic carbocycles. The van der Waals surface area contributed by atoms with Crippen LogP contribution in [0.5, 0.6) is 0 Å². The fourth-order valence-electron chi connectivity index (χ4n) is 1.59. The summed E-state index contributed by atoms with van der Waals surface area (Å²) >= 11 is 0. The zero-order chi connectivity index (χ0) is 11.6. The highest BCUT2D eigenvalue weighted by Crippen LogP contribution is 2.24. The van der Waals surface area contributed by atoms with Crippen LogP contribution in [0.25, 0.3) is 0 Å². The first-order chi connectivity index (χ1) is 6.97. The molecule has 88 valence electrons. The molecule has 0 aromatic rings. The van der Waals surface area contributed by atoms with Gasteiger partial charge in [-0.15, -0.1) is 0 Å². The second-order valence-corrected chi connectivity index (χ2v) is 3.50. The van der Waals surface area contributed by atoms with Crippen LogP contribution in [0.4, 0.5) is 0 Å². The first-order valence-corrected chi connectivity index (χ1v) is 4.69. The van der Waals surface area contributed by atoms with Gasteiger partial charge in [0.05, 0.1) is 6.10 Å². The van der Waals surface area contributed by atoms with Crippen molar-refractivity contribution in [3.8, 4) is 0 Å². The van der Waals surface area contributed by atoms with Gasteiger partial charge in [-0.2, -0.15) is 0 Å². The second kappa shape index (κ2) is 4.89. The fraction of sp³-hybridized carbons (Fsp3) is 0.889. The number of carbonyl (C=O) groups is 1. The van der Waals surface area contributed by atoms with Gasteiger partial charge in [0.25, 0.3) is 0 Å². The Kier molecular flexibility index (Phi) is 4.04. The van der Waals surface area contributed by atoms with E-state index in [0.29, 0.717) is 0 Å². The highest BCUT2D eigenvalue weighted by Gasteiger charge is 2.45. The number of carbonyl (C=O) groups excluding carboxylic acids is 1. The predicted molar refractivity (Wildman–Crippen MR) is 48.9 cm³/mol. The largest absolute Gasteiger partial charge is 0.454 e. The van der Waals surface area contributed by atoms with E-state index in [9.17, 15) is 15.0 Å². The number of ether oxygens (including phenoxy) is 3. The lowest BCUT2D eigenvalue weighted by molar-refractivity contribution is -0.286. The first kappa shape index (κ1) is 12.4. The Morgan fingerprint density at radius 2 is 1.93 bits per heavy atom. The van der Waals surface area contributed by atoms with E-state index in [1.165, 1.54) is 14.0 Å². The Balaban J connectivity index is 2.76. The Morgan fingerprint density at radius 3 is 2.40 bits per heavy atom. The van der Waals surface area contributed by atoms with Crippen molar-refractivity contribution in [2.45, 2.75) is 44.6 Å². The Bertz CT molecular complexity index is 231. The number of methoxy groups -OCH3 is 1. The topological polar surface area (TPSA) is 85.2 Å². The normalized spacial score (nSPS) is 41.3. The maximum absolute atomic E-state index is 10.8. The monoisotopic (exact) mass is 220 g/mol. The average Bonchev–Trinajstić information content (AvgIpc) is 2.14. The maximum Gasteiger partial charge on any atom is 0.303 e. The number of esters is 1. The van der Waals surface area contributed by atoms with E-state index in [1.54, 1.807) is 6.92 Å². The minimum Gasteiger partial charge on any atom is -0.454 e. The molecule has 1 heterocycles. The van der Waals surface area contributed by atoms with Crippen LogP contribution in [0.3, 0.4) is 0 Å². The summed E-state index contributed by atoms with van der Waals surface area (Å²) in [6.07, 6.45) is -4.58. The molecule has 0 aliphatic carbocycles. The van der Waals surface area contributed by atoms with Crippen molar-refractivity contribution >= 4 is 5.97 Å². The molecule has 1 saturated heterocycles. The first-order valence-electron chi connectivity index (χ1n) is 4.69. The van der Waals surface area contributed by atoms with Crippen LogP contribution < -0.4 is 0 Å². The lowest BCUT2D eigenvalue weighted by Crippen LogP contribution is -2.58. The quantitative estimate of drug-likeness (QED) is 0.582. The zero-order valence-corrected chi connectivity index (χ0v) is 8.91. The SMILES string of the molecule is CO[C@@H]1[C@H](O)[C@H](C)O[C@@H](O)[C@@H]1OC(C)=O. The highest BCUT2D eigenvalue weighted by molar-refractivity contribution is 5.66. The number of hydrogen-bond acceptors (Lipinski definition) is 6. The van der Waals surface area contributed by atoms with Crippen molar-refractivity contribution in [3.05, 3.63) is 0 Å². The van der Waals surface area contributed by atoms with E-state index in [-0.39, 0.29) is 0 Å². The molecule has 6 heteroatoms. The number of hydrogen-bond donors (Lipinski definition) is 2. The van der Waals surface area contributed by atoms with Gasteiger partial charge in [0.15, 0.2) is 12.4 Å². The third kappa shape index (κ3) is 2.66. The molecule has 0 bridgehead atoms. The van der Waals surface area contributed by atoms with Gasteiger partial charge >= 0.3 is 5.97 Å². The van der Waals surface area contributed by atoms with E-state index >= 15 is 0 Å². The van der Waals surface area contributed by atoms with Crippen molar-refractivity contribution in [1.82, 2.24) is 0 Å². The molecule has 0 radical (unpaired) electrons. The molecule has 2 N–H and O–H groups in total. The molecule has 6 nitrogen and oxygen atoms in total. The van der Waals surface area contributed by atoms with Crippen molar-refractivity contribution in [3.63, 3.8) is 0 Å². The number of aliphatic hydroxyl groups excluding tert-OH is 2. The van der Waals surface area contributed by atoms with Gasteiger partial charge in [0.1, 0.15) is 12.2 Å². The van der Waals surface area contributed by atoms with E-state index in [0.717, 1.165) is 0 Å². The van der Waals surface area contributed by atoms with Gasteiger partial charge in [-0.05, 0) is 6.92 Å². The molecule has 0 unspecified atom stereocenters. The van der Waals surface area contributed by atoms with Gasteiger partial charge in [-0.25, -0.2) is 0 Å². The molecule has 1 rings (SSSR count). The van der Waals surface area contributed by atoms with Crippen LogP contribution in [0.2, 0.25) is 0 Å². The van der Waals surface area contributed by atoms with Crippen LogP contribution >= 0.6 is 0 Å². The van der Waals surface area contributed by atoms with Crippen molar-refractivity contribution in [2.75, 3.05) is 7.11 Å². The molecule has 0 amide bonds. The minimum atomic E-state index is -1.28. The average molecular weight is 220 g/mol. The molecule has 1 aliphatic rings. The van der Waals surface area contributed by atoms with Crippen LogP contribution in [-0.4, -0.2) is 54.0 Å². The van der Waals surface area contributed by atoms with E-state index in [2.05, 4.69) is 0 Å². The summed E-state index contributed by atoms with van der Waals surface area (Å²) in [6.45, 7) is 2.81. The van der Waals surface area contributed by atoms with E-state index < -0.39 is 36.7 Å². The Morgan fingerprint density at radius 1 is 1.33 bits per heavy atom. The third-order valence-electron chi connectivity index (χ3n) is 2.35. The maximum atomic E-state index is 10.8. The molecule has 1 fully saturated rings. The smallest absolute Gasteiger partial charge is 0.303 e. The van der Waals surface area contributed by atoms with Crippen molar-refractivity contribution in [2.24, 2.45) is 0 Å². The van der Waals surface area contributed by atoms with E-state index in [4.69, 9.17) is 14.2 Å². The summed E-state index contributed by atoms with van der Waals surface area (Å²) in [7, 11) is 1.37. The molecule has 5 atom stereocenters. The van der Waals surface area contributed by atoms with Crippen LogP contribution in [-0.2, 0) is 19.0 Å². The summed E-state index contributed by atoms with van der Waals surface area (Å²) in [4.78, 5) is 10.8. The van der Waals surface area contributed by atoms with Crippen molar-refractivity contribution in [1.29, 1.82) is 0 Å². The van der Waals surface area contributed by atoms with Gasteiger partial charge in [-0.1, -0.05) is 0 Å². The number of rotatable bonds is 2.